The van der Waals surface area contributed by atoms with Crippen molar-refractivity contribution in [1.82, 2.24) is 9.88 Å². The third-order valence-electron chi connectivity index (χ3n) is 3.52. The number of thiazole rings is 1. The van der Waals surface area contributed by atoms with E-state index in [1.807, 2.05) is 13.1 Å². The fourth-order valence-corrected chi connectivity index (χ4v) is 3.50. The molecule has 1 aromatic rings. The van der Waals surface area contributed by atoms with E-state index in [1.165, 1.54) is 35.8 Å². The van der Waals surface area contributed by atoms with Crippen LogP contribution in [0.25, 0.3) is 0 Å². The molecule has 0 bridgehead atoms. The second kappa shape index (κ2) is 5.94. The molecule has 1 aliphatic rings. The van der Waals surface area contributed by atoms with Crippen LogP contribution in [0.2, 0.25) is 0 Å². The van der Waals surface area contributed by atoms with Crippen LogP contribution in [0.4, 0.5) is 0 Å². The number of aromatic nitrogens is 1. The topological polar surface area (TPSA) is 36.4 Å². The Morgan fingerprint density at radius 1 is 1.65 bits per heavy atom. The lowest BCUT2D eigenvalue weighted by atomic mass is 9.95. The predicted octanol–water partition coefficient (Wildman–Crippen LogP) is 2.12. The molecule has 2 unspecified atom stereocenters. The normalized spacial score (nSPS) is 23.8. The highest BCUT2D eigenvalue weighted by Crippen LogP contribution is 2.26. The molecule has 96 valence electrons. The molecule has 4 heteroatoms. The summed E-state index contributed by atoms with van der Waals surface area (Å²) in [6.07, 6.45) is 5.68. The lowest BCUT2D eigenvalue weighted by Gasteiger charge is -2.29. The van der Waals surface area contributed by atoms with Gasteiger partial charge in [-0.2, -0.15) is 0 Å². The molecule has 1 fully saturated rings. The minimum atomic E-state index is 0.216. The summed E-state index contributed by atoms with van der Waals surface area (Å²) < 4.78 is 0. The average Bonchev–Trinajstić information content (AvgIpc) is 2.76. The van der Waals surface area contributed by atoms with Crippen molar-refractivity contribution >= 4 is 11.3 Å². The molecular formula is C13H22N2OS. The van der Waals surface area contributed by atoms with Gasteiger partial charge in [0, 0.05) is 30.0 Å². The summed E-state index contributed by atoms with van der Waals surface area (Å²) in [4.78, 5) is 8.12. The molecule has 0 aliphatic carbocycles. The van der Waals surface area contributed by atoms with Crippen molar-refractivity contribution < 1.29 is 5.11 Å². The molecule has 17 heavy (non-hydrogen) atoms. The Morgan fingerprint density at radius 2 is 2.47 bits per heavy atom. The molecular weight excluding hydrogens is 232 g/mol. The van der Waals surface area contributed by atoms with Crippen LogP contribution in [0.5, 0.6) is 0 Å². The van der Waals surface area contributed by atoms with Crippen molar-refractivity contribution in [3.8, 4) is 0 Å². The number of nitrogens with zero attached hydrogens (tertiary/aromatic N) is 2. The lowest BCUT2D eigenvalue weighted by molar-refractivity contribution is 0.209. The van der Waals surface area contributed by atoms with Crippen molar-refractivity contribution in [3.05, 3.63) is 16.1 Å². The second-order valence-corrected chi connectivity index (χ2v) is 6.36. The van der Waals surface area contributed by atoms with Crippen LogP contribution in [0.1, 0.15) is 35.6 Å². The van der Waals surface area contributed by atoms with Gasteiger partial charge in [0.05, 0.1) is 11.6 Å². The summed E-state index contributed by atoms with van der Waals surface area (Å²) in [5.74, 6) is 0.993. The first-order chi connectivity index (χ1) is 8.19. The molecule has 0 radical (unpaired) electrons. The Balaban J connectivity index is 1.92. The largest absolute Gasteiger partial charge is 0.396 e. The zero-order valence-corrected chi connectivity index (χ0v) is 11.5. The Hall–Kier alpha value is -0.450. The van der Waals surface area contributed by atoms with Gasteiger partial charge in [0.2, 0.25) is 0 Å². The molecule has 1 N–H and O–H groups in total. The SMILES string of the molecule is CC(CO)c1cnc(CC2CCCN(C)C2)s1. The zero-order valence-electron chi connectivity index (χ0n) is 10.7. The van der Waals surface area contributed by atoms with Gasteiger partial charge in [0.15, 0.2) is 0 Å². The van der Waals surface area contributed by atoms with Gasteiger partial charge in [-0.3, -0.25) is 0 Å². The third-order valence-corrected chi connectivity index (χ3v) is 4.77. The van der Waals surface area contributed by atoms with Gasteiger partial charge in [-0.15, -0.1) is 11.3 Å². The van der Waals surface area contributed by atoms with Gasteiger partial charge in [0.1, 0.15) is 0 Å². The predicted molar refractivity (Wildman–Crippen MR) is 71.5 cm³/mol. The molecule has 0 aromatic carbocycles. The highest BCUT2D eigenvalue weighted by molar-refractivity contribution is 7.11. The van der Waals surface area contributed by atoms with Gasteiger partial charge in [-0.25, -0.2) is 4.98 Å². The fourth-order valence-electron chi connectivity index (χ4n) is 2.42. The van der Waals surface area contributed by atoms with Crippen LogP contribution in [-0.2, 0) is 6.42 Å². The zero-order chi connectivity index (χ0) is 12.3. The summed E-state index contributed by atoms with van der Waals surface area (Å²) in [5, 5.41) is 10.4. The van der Waals surface area contributed by atoms with Crippen LogP contribution >= 0.6 is 11.3 Å². The molecule has 1 aromatic heterocycles. The Bertz CT molecular complexity index is 353. The summed E-state index contributed by atoms with van der Waals surface area (Å²) in [6, 6.07) is 0. The maximum Gasteiger partial charge on any atom is 0.0931 e. The van der Waals surface area contributed by atoms with E-state index in [0.717, 1.165) is 12.3 Å². The summed E-state index contributed by atoms with van der Waals surface area (Å²) in [7, 11) is 2.20. The molecule has 1 aliphatic heterocycles. The van der Waals surface area contributed by atoms with Crippen LogP contribution in [0, 0.1) is 5.92 Å². The molecule has 3 nitrogen and oxygen atoms in total. The maximum absolute atomic E-state index is 9.13. The Labute approximate surface area is 107 Å². The molecule has 0 amide bonds. The van der Waals surface area contributed by atoms with E-state index in [4.69, 9.17) is 5.11 Å². The van der Waals surface area contributed by atoms with E-state index in [1.54, 1.807) is 11.3 Å². The van der Waals surface area contributed by atoms with Crippen molar-refractivity contribution in [2.75, 3.05) is 26.7 Å². The van der Waals surface area contributed by atoms with Crippen molar-refractivity contribution in [2.24, 2.45) is 5.92 Å². The van der Waals surface area contributed by atoms with Crippen molar-refractivity contribution in [2.45, 2.75) is 32.1 Å². The second-order valence-electron chi connectivity index (χ2n) is 5.21. The highest BCUT2D eigenvalue weighted by Gasteiger charge is 2.19. The van der Waals surface area contributed by atoms with Crippen LogP contribution < -0.4 is 0 Å². The van der Waals surface area contributed by atoms with E-state index >= 15 is 0 Å². The van der Waals surface area contributed by atoms with Crippen LogP contribution in [0.15, 0.2) is 6.20 Å². The highest BCUT2D eigenvalue weighted by atomic mass is 32.1. The first-order valence-corrected chi connectivity index (χ1v) is 7.24. The first kappa shape index (κ1) is 13.0. The fraction of sp³-hybridized carbons (Fsp3) is 0.769. The van der Waals surface area contributed by atoms with Crippen LogP contribution in [0.3, 0.4) is 0 Å². The third kappa shape index (κ3) is 3.50. The van der Waals surface area contributed by atoms with Gasteiger partial charge < -0.3 is 10.0 Å². The lowest BCUT2D eigenvalue weighted by Crippen LogP contribution is -2.32. The van der Waals surface area contributed by atoms with Crippen molar-refractivity contribution in [1.29, 1.82) is 0 Å². The summed E-state index contributed by atoms with van der Waals surface area (Å²) in [5.41, 5.74) is 0. The minimum absolute atomic E-state index is 0.216. The number of hydrogen-bond acceptors (Lipinski definition) is 4. The first-order valence-electron chi connectivity index (χ1n) is 6.43. The Morgan fingerprint density at radius 3 is 3.18 bits per heavy atom. The van der Waals surface area contributed by atoms with Crippen molar-refractivity contribution in [3.63, 3.8) is 0 Å². The number of aliphatic hydroxyl groups is 1. The molecule has 2 rings (SSSR count). The standard InChI is InChI=1S/C13H22N2OS/c1-10(9-16)12-7-14-13(17-12)6-11-4-3-5-15(2)8-11/h7,10-11,16H,3-6,8-9H2,1-2H3. The number of rotatable bonds is 4. The van der Waals surface area contributed by atoms with E-state index in [9.17, 15) is 0 Å². The van der Waals surface area contributed by atoms with E-state index in [-0.39, 0.29) is 12.5 Å². The quantitative estimate of drug-likeness (QED) is 0.894. The van der Waals surface area contributed by atoms with E-state index in [2.05, 4.69) is 16.9 Å². The van der Waals surface area contributed by atoms with Crippen LogP contribution in [-0.4, -0.2) is 41.7 Å². The average molecular weight is 254 g/mol. The maximum atomic E-state index is 9.13. The van der Waals surface area contributed by atoms with Gasteiger partial charge in [-0.05, 0) is 32.4 Å². The monoisotopic (exact) mass is 254 g/mol. The van der Waals surface area contributed by atoms with Gasteiger partial charge in [-0.1, -0.05) is 6.92 Å². The minimum Gasteiger partial charge on any atom is -0.396 e. The molecule has 0 saturated carbocycles. The number of hydrogen-bond donors (Lipinski definition) is 1. The smallest absolute Gasteiger partial charge is 0.0931 e. The number of likely N-dealkylation sites (tertiary alicyclic amines) is 1. The van der Waals surface area contributed by atoms with E-state index < -0.39 is 0 Å². The molecule has 0 spiro atoms. The van der Waals surface area contributed by atoms with Gasteiger partial charge >= 0.3 is 0 Å². The van der Waals surface area contributed by atoms with E-state index in [0.29, 0.717) is 0 Å². The molecule has 1 saturated heterocycles. The molecule has 2 heterocycles. The van der Waals surface area contributed by atoms with Gasteiger partial charge in [0.25, 0.3) is 0 Å². The molecule has 2 atom stereocenters. The number of piperidine rings is 1. The number of aliphatic hydroxyl groups excluding tert-OH is 1. The summed E-state index contributed by atoms with van der Waals surface area (Å²) >= 11 is 1.77. The Kier molecular flexibility index (Phi) is 4.54. The summed E-state index contributed by atoms with van der Waals surface area (Å²) in [6.45, 7) is 4.70.